The molecule has 1 heterocycles. The fraction of sp³-hybridized carbons (Fsp3) is 0.474. The molecule has 2 N–H and O–H groups in total. The molecule has 0 aliphatic carbocycles. The molecule has 0 spiro atoms. The lowest BCUT2D eigenvalue weighted by Crippen LogP contribution is -2.38. The van der Waals surface area contributed by atoms with Crippen molar-refractivity contribution in [1.82, 2.24) is 15.6 Å². The zero-order valence-corrected chi connectivity index (χ0v) is 18.8. The molecule has 0 saturated heterocycles. The van der Waals surface area contributed by atoms with E-state index in [1.807, 2.05) is 24.4 Å². The zero-order chi connectivity index (χ0) is 17.9. The highest BCUT2D eigenvalue weighted by Crippen LogP contribution is 2.16. The number of aromatic nitrogens is 1. The SMILES string of the molecule is CCNC(=NCC(OC)c1ccccc1)NCCc1ncc(CC)s1.I. The van der Waals surface area contributed by atoms with Crippen LogP contribution in [0.3, 0.4) is 0 Å². The lowest BCUT2D eigenvalue weighted by Gasteiger charge is -2.15. The van der Waals surface area contributed by atoms with Crippen molar-refractivity contribution in [3.05, 3.63) is 52.0 Å². The van der Waals surface area contributed by atoms with Crippen LogP contribution in [0.5, 0.6) is 0 Å². The molecule has 0 saturated carbocycles. The van der Waals surface area contributed by atoms with Gasteiger partial charge in [0.05, 0.1) is 11.6 Å². The molecular weight excluding hydrogens is 459 g/mol. The van der Waals surface area contributed by atoms with Crippen LogP contribution in [0.2, 0.25) is 0 Å². The van der Waals surface area contributed by atoms with Crippen molar-refractivity contribution in [2.24, 2.45) is 4.99 Å². The van der Waals surface area contributed by atoms with Crippen molar-refractivity contribution >= 4 is 41.3 Å². The molecule has 2 rings (SSSR count). The van der Waals surface area contributed by atoms with E-state index in [9.17, 15) is 0 Å². The third-order valence-corrected chi connectivity index (χ3v) is 5.00. The van der Waals surface area contributed by atoms with Gasteiger partial charge in [0, 0.05) is 37.7 Å². The lowest BCUT2D eigenvalue weighted by atomic mass is 10.1. The number of rotatable bonds is 9. The van der Waals surface area contributed by atoms with Gasteiger partial charge in [0.2, 0.25) is 0 Å². The minimum absolute atomic E-state index is 0. The average Bonchev–Trinajstić information content (AvgIpc) is 3.11. The highest BCUT2D eigenvalue weighted by Gasteiger charge is 2.10. The standard InChI is InChI=1S/C19H28N4OS.HI/c1-4-16-13-22-18(25-16)11-12-21-19(20-5-2)23-14-17(24-3)15-9-7-6-8-10-15;/h6-10,13,17H,4-5,11-12,14H2,1-3H3,(H2,20,21,23);1H. The highest BCUT2D eigenvalue weighted by atomic mass is 127. The summed E-state index contributed by atoms with van der Waals surface area (Å²) in [6, 6.07) is 10.2. The third-order valence-electron chi connectivity index (χ3n) is 3.80. The van der Waals surface area contributed by atoms with E-state index in [1.165, 1.54) is 9.88 Å². The maximum atomic E-state index is 5.58. The number of aryl methyl sites for hydroxylation is 1. The molecule has 0 radical (unpaired) electrons. The average molecular weight is 488 g/mol. The van der Waals surface area contributed by atoms with Gasteiger partial charge in [-0.1, -0.05) is 37.3 Å². The Labute approximate surface area is 177 Å². The minimum Gasteiger partial charge on any atom is -0.375 e. The Hall–Kier alpha value is -1.19. The monoisotopic (exact) mass is 488 g/mol. The first-order chi connectivity index (χ1) is 12.3. The molecule has 7 heteroatoms. The van der Waals surface area contributed by atoms with Gasteiger partial charge in [-0.15, -0.1) is 35.3 Å². The summed E-state index contributed by atoms with van der Waals surface area (Å²) in [6.45, 7) is 6.44. The second-order valence-corrected chi connectivity index (χ2v) is 6.81. The number of nitrogens with zero attached hydrogens (tertiary/aromatic N) is 2. The van der Waals surface area contributed by atoms with Crippen molar-refractivity contribution in [3.8, 4) is 0 Å². The third kappa shape index (κ3) is 7.59. The summed E-state index contributed by atoms with van der Waals surface area (Å²) in [4.78, 5) is 10.5. The number of nitrogens with one attached hydrogen (secondary N) is 2. The number of benzene rings is 1. The maximum absolute atomic E-state index is 5.58. The van der Waals surface area contributed by atoms with Gasteiger partial charge in [0.1, 0.15) is 6.10 Å². The van der Waals surface area contributed by atoms with Gasteiger partial charge < -0.3 is 15.4 Å². The highest BCUT2D eigenvalue weighted by molar-refractivity contribution is 14.0. The number of ether oxygens (including phenoxy) is 1. The van der Waals surface area contributed by atoms with Gasteiger partial charge in [-0.3, -0.25) is 4.99 Å². The first-order valence-electron chi connectivity index (χ1n) is 8.80. The molecule has 1 aromatic carbocycles. The predicted molar refractivity (Wildman–Crippen MR) is 121 cm³/mol. The summed E-state index contributed by atoms with van der Waals surface area (Å²) in [6.07, 6.45) is 3.89. The fourth-order valence-corrected chi connectivity index (χ4v) is 3.28. The van der Waals surface area contributed by atoms with Crippen LogP contribution in [0, 0.1) is 0 Å². The predicted octanol–water partition coefficient (Wildman–Crippen LogP) is 3.81. The molecule has 5 nitrogen and oxygen atoms in total. The number of halogens is 1. The summed E-state index contributed by atoms with van der Waals surface area (Å²) in [5.74, 6) is 0.813. The second kappa shape index (κ2) is 13.1. The van der Waals surface area contributed by atoms with Gasteiger partial charge in [-0.2, -0.15) is 0 Å². The Morgan fingerprint density at radius 3 is 2.62 bits per heavy atom. The molecule has 1 atom stereocenters. The topological polar surface area (TPSA) is 58.5 Å². The minimum atomic E-state index is -0.0391. The van der Waals surface area contributed by atoms with E-state index in [0.29, 0.717) is 6.54 Å². The summed E-state index contributed by atoms with van der Waals surface area (Å²) in [7, 11) is 1.72. The summed E-state index contributed by atoms with van der Waals surface area (Å²) >= 11 is 1.79. The molecule has 0 aliphatic rings. The Morgan fingerprint density at radius 1 is 1.23 bits per heavy atom. The van der Waals surface area contributed by atoms with Gasteiger partial charge in [0.25, 0.3) is 0 Å². The molecule has 0 amide bonds. The maximum Gasteiger partial charge on any atom is 0.191 e. The van der Waals surface area contributed by atoms with Crippen LogP contribution in [-0.2, 0) is 17.6 Å². The van der Waals surface area contributed by atoms with Crippen molar-refractivity contribution in [3.63, 3.8) is 0 Å². The fourth-order valence-electron chi connectivity index (χ4n) is 2.41. The second-order valence-electron chi connectivity index (χ2n) is 5.61. The molecule has 1 unspecified atom stereocenters. The van der Waals surface area contributed by atoms with Crippen LogP contribution in [-0.4, -0.2) is 37.7 Å². The largest absolute Gasteiger partial charge is 0.375 e. The van der Waals surface area contributed by atoms with Crippen LogP contribution in [0.25, 0.3) is 0 Å². The molecule has 26 heavy (non-hydrogen) atoms. The molecule has 1 aromatic heterocycles. The quantitative estimate of drug-likeness (QED) is 0.320. The van der Waals surface area contributed by atoms with Crippen LogP contribution in [0.4, 0.5) is 0 Å². The van der Waals surface area contributed by atoms with Crippen molar-refractivity contribution < 1.29 is 4.74 Å². The lowest BCUT2D eigenvalue weighted by molar-refractivity contribution is 0.111. The molecule has 0 bridgehead atoms. The van der Waals surface area contributed by atoms with Crippen molar-refractivity contribution in [1.29, 1.82) is 0 Å². The van der Waals surface area contributed by atoms with Crippen LogP contribution >= 0.6 is 35.3 Å². The van der Waals surface area contributed by atoms with Gasteiger partial charge in [0.15, 0.2) is 5.96 Å². The normalized spacial score (nSPS) is 12.3. The van der Waals surface area contributed by atoms with E-state index >= 15 is 0 Å². The first-order valence-corrected chi connectivity index (χ1v) is 9.62. The number of guanidine groups is 1. The van der Waals surface area contributed by atoms with Gasteiger partial charge >= 0.3 is 0 Å². The molecular formula is C19H29IN4OS. The Morgan fingerprint density at radius 2 is 2.00 bits per heavy atom. The number of thiazole rings is 1. The Kier molecular flexibility index (Phi) is 11.5. The van der Waals surface area contributed by atoms with E-state index in [0.717, 1.165) is 37.5 Å². The van der Waals surface area contributed by atoms with Crippen LogP contribution in [0.15, 0.2) is 41.5 Å². The molecule has 0 aliphatic heterocycles. The Balaban J connectivity index is 0.00000338. The van der Waals surface area contributed by atoms with E-state index < -0.39 is 0 Å². The van der Waals surface area contributed by atoms with E-state index in [-0.39, 0.29) is 30.1 Å². The number of methoxy groups -OCH3 is 1. The van der Waals surface area contributed by atoms with Crippen LogP contribution in [0.1, 0.15) is 35.4 Å². The summed E-state index contributed by atoms with van der Waals surface area (Å²) in [5, 5.41) is 7.83. The van der Waals surface area contributed by atoms with Crippen molar-refractivity contribution in [2.45, 2.75) is 32.8 Å². The molecule has 0 fully saturated rings. The first kappa shape index (κ1) is 22.9. The Bertz CT molecular complexity index is 648. The summed E-state index contributed by atoms with van der Waals surface area (Å²) < 4.78 is 5.58. The van der Waals surface area contributed by atoms with E-state index in [2.05, 4.69) is 46.6 Å². The number of hydrogen-bond acceptors (Lipinski definition) is 4. The van der Waals surface area contributed by atoms with Gasteiger partial charge in [-0.05, 0) is 18.9 Å². The van der Waals surface area contributed by atoms with Gasteiger partial charge in [-0.25, -0.2) is 4.98 Å². The smallest absolute Gasteiger partial charge is 0.191 e. The van der Waals surface area contributed by atoms with Crippen molar-refractivity contribution in [2.75, 3.05) is 26.7 Å². The van der Waals surface area contributed by atoms with Crippen LogP contribution < -0.4 is 10.6 Å². The molecule has 2 aromatic rings. The zero-order valence-electron chi connectivity index (χ0n) is 15.7. The molecule has 144 valence electrons. The van der Waals surface area contributed by atoms with E-state index in [4.69, 9.17) is 4.74 Å². The van der Waals surface area contributed by atoms with E-state index in [1.54, 1.807) is 18.4 Å². The summed E-state index contributed by atoms with van der Waals surface area (Å²) in [5.41, 5.74) is 1.14. The number of hydrogen-bond donors (Lipinski definition) is 2. The number of aliphatic imine (C=N–C) groups is 1.